The van der Waals surface area contributed by atoms with Crippen LogP contribution in [0.4, 0.5) is 0 Å². The molecule has 2 nitrogen and oxygen atoms in total. The van der Waals surface area contributed by atoms with Crippen LogP contribution in [-0.2, 0) is 6.61 Å². The summed E-state index contributed by atoms with van der Waals surface area (Å²) >= 11 is 3.51. The molecule has 2 aromatic carbocycles. The Hall–Kier alpha value is -1.32. The Morgan fingerprint density at radius 3 is 2.60 bits per heavy atom. The lowest BCUT2D eigenvalue weighted by molar-refractivity contribution is 0.299. The third-order valence-electron chi connectivity index (χ3n) is 3.19. The second kappa shape index (κ2) is 7.46. The van der Waals surface area contributed by atoms with Crippen LogP contribution in [0.1, 0.15) is 31.0 Å². The molecule has 0 heterocycles. The fraction of sp³-hybridized carbons (Fsp3) is 0.294. The van der Waals surface area contributed by atoms with E-state index in [-0.39, 0.29) is 6.04 Å². The van der Waals surface area contributed by atoms with Gasteiger partial charge in [0.25, 0.3) is 0 Å². The number of hydrogen-bond donors (Lipinski definition) is 1. The maximum Gasteiger partial charge on any atom is 0.125 e. The van der Waals surface area contributed by atoms with E-state index in [2.05, 4.69) is 59.4 Å². The van der Waals surface area contributed by atoms with Gasteiger partial charge in [0.2, 0.25) is 0 Å². The van der Waals surface area contributed by atoms with Gasteiger partial charge in [-0.25, -0.2) is 0 Å². The molecule has 0 aliphatic carbocycles. The van der Waals surface area contributed by atoms with Crippen molar-refractivity contribution in [3.8, 4) is 5.75 Å². The monoisotopic (exact) mass is 333 g/mol. The van der Waals surface area contributed by atoms with Gasteiger partial charge < -0.3 is 10.1 Å². The van der Waals surface area contributed by atoms with Crippen molar-refractivity contribution in [2.24, 2.45) is 0 Å². The van der Waals surface area contributed by atoms with Crippen LogP contribution >= 0.6 is 15.9 Å². The molecule has 0 aliphatic heterocycles. The average Bonchev–Trinajstić information content (AvgIpc) is 2.46. The molecule has 0 saturated heterocycles. The normalized spacial score (nSPS) is 12.2. The van der Waals surface area contributed by atoms with E-state index < -0.39 is 0 Å². The summed E-state index contributed by atoms with van der Waals surface area (Å²) in [4.78, 5) is 0. The van der Waals surface area contributed by atoms with Crippen molar-refractivity contribution in [3.63, 3.8) is 0 Å². The van der Waals surface area contributed by atoms with E-state index in [1.54, 1.807) is 0 Å². The first-order chi connectivity index (χ1) is 9.70. The summed E-state index contributed by atoms with van der Waals surface area (Å²) in [5.41, 5.74) is 2.36. The Bertz CT molecular complexity index is 542. The van der Waals surface area contributed by atoms with Crippen molar-refractivity contribution >= 4 is 15.9 Å². The third-order valence-corrected chi connectivity index (χ3v) is 3.68. The molecule has 0 aliphatic rings. The van der Waals surface area contributed by atoms with Crippen molar-refractivity contribution in [1.82, 2.24) is 5.32 Å². The minimum atomic E-state index is 0.277. The highest BCUT2D eigenvalue weighted by Crippen LogP contribution is 2.29. The summed E-state index contributed by atoms with van der Waals surface area (Å²) in [6.07, 6.45) is 0. The summed E-state index contributed by atoms with van der Waals surface area (Å²) < 4.78 is 7.04. The number of benzene rings is 2. The first-order valence-electron chi connectivity index (χ1n) is 6.90. The smallest absolute Gasteiger partial charge is 0.125 e. The summed E-state index contributed by atoms with van der Waals surface area (Å²) in [6.45, 7) is 5.79. The van der Waals surface area contributed by atoms with E-state index in [9.17, 15) is 0 Å². The largest absolute Gasteiger partial charge is 0.489 e. The average molecular weight is 334 g/mol. The van der Waals surface area contributed by atoms with E-state index in [4.69, 9.17) is 4.74 Å². The van der Waals surface area contributed by atoms with Crippen LogP contribution in [0, 0.1) is 0 Å². The minimum absolute atomic E-state index is 0.277. The molecule has 0 aromatic heterocycles. The summed E-state index contributed by atoms with van der Waals surface area (Å²) in [6, 6.07) is 16.7. The van der Waals surface area contributed by atoms with E-state index in [1.807, 2.05) is 24.3 Å². The lowest BCUT2D eigenvalue weighted by atomic mass is 10.1. The van der Waals surface area contributed by atoms with Crippen LogP contribution in [0.3, 0.4) is 0 Å². The predicted molar refractivity (Wildman–Crippen MR) is 87.0 cm³/mol. The molecule has 1 N–H and O–H groups in total. The number of ether oxygens (including phenoxy) is 1. The summed E-state index contributed by atoms with van der Waals surface area (Å²) in [5.74, 6) is 0.927. The molecular formula is C17H20BrNO. The number of nitrogens with one attached hydrogen (secondary N) is 1. The molecule has 0 bridgehead atoms. The molecule has 0 saturated carbocycles. The molecule has 20 heavy (non-hydrogen) atoms. The molecule has 0 amide bonds. The van der Waals surface area contributed by atoms with Gasteiger partial charge in [0, 0.05) is 16.1 Å². The second-order valence-electron chi connectivity index (χ2n) is 4.74. The summed E-state index contributed by atoms with van der Waals surface area (Å²) in [7, 11) is 0. The molecule has 2 rings (SSSR count). The van der Waals surface area contributed by atoms with Crippen molar-refractivity contribution < 1.29 is 4.74 Å². The van der Waals surface area contributed by atoms with Crippen LogP contribution in [0.5, 0.6) is 5.75 Å². The highest BCUT2D eigenvalue weighted by atomic mass is 79.9. The van der Waals surface area contributed by atoms with Gasteiger partial charge in [-0.15, -0.1) is 0 Å². The van der Waals surface area contributed by atoms with Crippen LogP contribution in [0.2, 0.25) is 0 Å². The molecule has 1 atom stereocenters. The van der Waals surface area contributed by atoms with Crippen LogP contribution < -0.4 is 10.1 Å². The van der Waals surface area contributed by atoms with Crippen LogP contribution in [-0.4, -0.2) is 6.54 Å². The SMILES string of the molecule is CCNC(C)c1ccc(Br)cc1OCc1ccccc1. The molecule has 1 unspecified atom stereocenters. The van der Waals surface area contributed by atoms with Gasteiger partial charge in [-0.05, 0) is 31.2 Å². The van der Waals surface area contributed by atoms with E-state index in [0.29, 0.717) is 6.61 Å². The highest BCUT2D eigenvalue weighted by Gasteiger charge is 2.11. The van der Waals surface area contributed by atoms with Gasteiger partial charge in [0.1, 0.15) is 12.4 Å². The minimum Gasteiger partial charge on any atom is -0.489 e. The zero-order valence-corrected chi connectivity index (χ0v) is 13.5. The lowest BCUT2D eigenvalue weighted by Gasteiger charge is -2.18. The van der Waals surface area contributed by atoms with Crippen molar-refractivity contribution in [3.05, 3.63) is 64.1 Å². The summed E-state index contributed by atoms with van der Waals surface area (Å²) in [5, 5.41) is 3.42. The maximum absolute atomic E-state index is 6.00. The molecule has 0 radical (unpaired) electrons. The maximum atomic E-state index is 6.00. The van der Waals surface area contributed by atoms with E-state index in [1.165, 1.54) is 11.1 Å². The van der Waals surface area contributed by atoms with E-state index in [0.717, 1.165) is 16.8 Å². The van der Waals surface area contributed by atoms with Crippen LogP contribution in [0.25, 0.3) is 0 Å². The second-order valence-corrected chi connectivity index (χ2v) is 5.65. The predicted octanol–water partition coefficient (Wildman–Crippen LogP) is 4.70. The number of rotatable bonds is 6. The van der Waals surface area contributed by atoms with Gasteiger partial charge >= 0.3 is 0 Å². The molecule has 3 heteroatoms. The Morgan fingerprint density at radius 2 is 1.90 bits per heavy atom. The van der Waals surface area contributed by atoms with Crippen molar-refractivity contribution in [2.75, 3.05) is 6.54 Å². The fourth-order valence-corrected chi connectivity index (χ4v) is 2.48. The van der Waals surface area contributed by atoms with Gasteiger partial charge in [-0.2, -0.15) is 0 Å². The Labute approximate surface area is 129 Å². The zero-order chi connectivity index (χ0) is 14.4. The lowest BCUT2D eigenvalue weighted by Crippen LogP contribution is -2.18. The molecule has 0 fully saturated rings. The number of halogens is 1. The molecule has 106 valence electrons. The van der Waals surface area contributed by atoms with E-state index >= 15 is 0 Å². The van der Waals surface area contributed by atoms with Crippen molar-refractivity contribution in [2.45, 2.75) is 26.5 Å². The zero-order valence-electron chi connectivity index (χ0n) is 11.9. The first-order valence-corrected chi connectivity index (χ1v) is 7.69. The number of hydrogen-bond acceptors (Lipinski definition) is 2. The standard InChI is InChI=1S/C17H20BrNO/c1-3-19-13(2)16-10-9-15(18)11-17(16)20-12-14-7-5-4-6-8-14/h4-11,13,19H,3,12H2,1-2H3. The Balaban J connectivity index is 2.15. The first kappa shape index (κ1) is 15.1. The van der Waals surface area contributed by atoms with Gasteiger partial charge in [0.15, 0.2) is 0 Å². The van der Waals surface area contributed by atoms with Gasteiger partial charge in [-0.3, -0.25) is 0 Å². The van der Waals surface area contributed by atoms with Crippen LogP contribution in [0.15, 0.2) is 53.0 Å². The van der Waals surface area contributed by atoms with Crippen molar-refractivity contribution in [1.29, 1.82) is 0 Å². The third kappa shape index (κ3) is 4.09. The van der Waals surface area contributed by atoms with Gasteiger partial charge in [0.05, 0.1) is 0 Å². The van der Waals surface area contributed by atoms with Gasteiger partial charge in [-0.1, -0.05) is 59.3 Å². The molecular weight excluding hydrogens is 314 g/mol. The molecule has 2 aromatic rings. The highest BCUT2D eigenvalue weighted by molar-refractivity contribution is 9.10. The molecule has 0 spiro atoms. The Kier molecular flexibility index (Phi) is 5.62. The topological polar surface area (TPSA) is 21.3 Å². The Morgan fingerprint density at radius 1 is 1.15 bits per heavy atom. The quantitative estimate of drug-likeness (QED) is 0.827. The fourth-order valence-electron chi connectivity index (χ4n) is 2.14.